The number of hydrogen-bond acceptors (Lipinski definition) is 5. The van der Waals surface area contributed by atoms with Crippen molar-refractivity contribution in [2.24, 2.45) is 0 Å². The number of carbonyl (C=O) groups excluding carboxylic acids is 1. The highest BCUT2D eigenvalue weighted by molar-refractivity contribution is 7.16. The number of nitriles is 1. The number of aliphatic hydroxyl groups is 1. The van der Waals surface area contributed by atoms with Gasteiger partial charge in [0.1, 0.15) is 11.1 Å². The van der Waals surface area contributed by atoms with Crippen LogP contribution in [0.4, 0.5) is 5.00 Å². The minimum absolute atomic E-state index is 0.0562. The van der Waals surface area contributed by atoms with Crippen LogP contribution in [0.1, 0.15) is 55.0 Å². The predicted molar refractivity (Wildman–Crippen MR) is 95.2 cm³/mol. The number of thiophene rings is 1. The van der Waals surface area contributed by atoms with Gasteiger partial charge in [0.2, 0.25) is 5.91 Å². The number of piperidine rings is 1. The SMILES string of the molecule is C[C@H](C(=O)Nc1sc2c(c1C#N)CCCCC2)N1CCC(O)CC1. The van der Waals surface area contributed by atoms with Crippen molar-refractivity contribution in [3.05, 3.63) is 16.0 Å². The lowest BCUT2D eigenvalue weighted by Crippen LogP contribution is -2.47. The zero-order valence-corrected chi connectivity index (χ0v) is 15.0. The highest BCUT2D eigenvalue weighted by Crippen LogP contribution is 2.37. The van der Waals surface area contributed by atoms with Crippen molar-refractivity contribution in [3.8, 4) is 6.07 Å². The molecule has 5 nitrogen and oxygen atoms in total. The molecular weight excluding hydrogens is 322 g/mol. The van der Waals surface area contributed by atoms with Crippen molar-refractivity contribution in [1.29, 1.82) is 5.26 Å². The van der Waals surface area contributed by atoms with Crippen LogP contribution in [-0.4, -0.2) is 41.1 Å². The van der Waals surface area contributed by atoms with Crippen LogP contribution >= 0.6 is 11.3 Å². The number of nitrogens with one attached hydrogen (secondary N) is 1. The van der Waals surface area contributed by atoms with Gasteiger partial charge in [-0.25, -0.2) is 0 Å². The number of aryl methyl sites for hydroxylation is 1. The molecular formula is C18H25N3O2S. The lowest BCUT2D eigenvalue weighted by atomic mass is 10.1. The first-order valence-corrected chi connectivity index (χ1v) is 9.69. The molecule has 1 aliphatic heterocycles. The van der Waals surface area contributed by atoms with Gasteiger partial charge in [-0.3, -0.25) is 9.69 Å². The molecule has 0 saturated carbocycles. The summed E-state index contributed by atoms with van der Waals surface area (Å²) >= 11 is 1.58. The molecule has 3 rings (SSSR count). The molecule has 130 valence electrons. The first-order valence-electron chi connectivity index (χ1n) is 8.87. The molecule has 1 fully saturated rings. The van der Waals surface area contributed by atoms with Gasteiger partial charge in [0, 0.05) is 18.0 Å². The Balaban J connectivity index is 1.71. The molecule has 0 radical (unpaired) electrons. The number of nitrogens with zero attached hydrogens (tertiary/aromatic N) is 2. The zero-order chi connectivity index (χ0) is 17.1. The van der Waals surface area contributed by atoms with Gasteiger partial charge in [0.15, 0.2) is 0 Å². The number of anilines is 1. The number of fused-ring (bicyclic) bond motifs is 1. The van der Waals surface area contributed by atoms with E-state index >= 15 is 0 Å². The van der Waals surface area contributed by atoms with Crippen LogP contribution in [0, 0.1) is 11.3 Å². The molecule has 2 aliphatic rings. The standard InChI is InChI=1S/C18H25N3O2S/c1-12(21-9-7-13(22)8-10-21)17(23)20-18-15(11-19)14-5-3-2-4-6-16(14)24-18/h12-13,22H,2-10H2,1H3,(H,20,23)/t12-/m1/s1. The van der Waals surface area contributed by atoms with Crippen LogP contribution in [0.25, 0.3) is 0 Å². The summed E-state index contributed by atoms with van der Waals surface area (Å²) in [7, 11) is 0. The fourth-order valence-electron chi connectivity index (χ4n) is 3.60. The van der Waals surface area contributed by atoms with Crippen LogP contribution in [-0.2, 0) is 17.6 Å². The molecule has 6 heteroatoms. The van der Waals surface area contributed by atoms with Gasteiger partial charge < -0.3 is 10.4 Å². The monoisotopic (exact) mass is 347 g/mol. The Labute approximate surface area is 147 Å². The molecule has 0 unspecified atom stereocenters. The maximum Gasteiger partial charge on any atom is 0.242 e. The summed E-state index contributed by atoms with van der Waals surface area (Å²) < 4.78 is 0. The van der Waals surface area contributed by atoms with Gasteiger partial charge in [-0.05, 0) is 51.0 Å². The Hall–Kier alpha value is -1.42. The maximum atomic E-state index is 12.6. The number of rotatable bonds is 3. The Morgan fingerprint density at radius 3 is 2.75 bits per heavy atom. The molecule has 1 aromatic heterocycles. The van der Waals surface area contributed by atoms with Gasteiger partial charge in [-0.2, -0.15) is 5.26 Å². The lowest BCUT2D eigenvalue weighted by Gasteiger charge is -2.33. The third-order valence-electron chi connectivity index (χ3n) is 5.20. The van der Waals surface area contributed by atoms with E-state index in [1.807, 2.05) is 6.92 Å². The number of amides is 1. The summed E-state index contributed by atoms with van der Waals surface area (Å²) in [5.74, 6) is -0.0562. The molecule has 1 aliphatic carbocycles. The second-order valence-corrected chi connectivity index (χ2v) is 7.92. The smallest absolute Gasteiger partial charge is 0.242 e. The minimum Gasteiger partial charge on any atom is -0.393 e. The second kappa shape index (κ2) is 7.64. The molecule has 24 heavy (non-hydrogen) atoms. The molecule has 1 atom stereocenters. The van der Waals surface area contributed by atoms with E-state index in [1.54, 1.807) is 11.3 Å². The highest BCUT2D eigenvalue weighted by atomic mass is 32.1. The van der Waals surface area contributed by atoms with Crippen LogP contribution in [0.2, 0.25) is 0 Å². The Morgan fingerprint density at radius 1 is 1.33 bits per heavy atom. The topological polar surface area (TPSA) is 76.4 Å². The zero-order valence-electron chi connectivity index (χ0n) is 14.2. The predicted octanol–water partition coefficient (Wildman–Crippen LogP) is 2.67. The van der Waals surface area contributed by atoms with Crippen molar-refractivity contribution < 1.29 is 9.90 Å². The fraction of sp³-hybridized carbons (Fsp3) is 0.667. The van der Waals surface area contributed by atoms with Gasteiger partial charge >= 0.3 is 0 Å². The maximum absolute atomic E-state index is 12.6. The molecule has 2 heterocycles. The molecule has 0 aromatic carbocycles. The van der Waals surface area contributed by atoms with Crippen LogP contribution in [0.3, 0.4) is 0 Å². The van der Waals surface area contributed by atoms with Crippen molar-refractivity contribution >= 4 is 22.2 Å². The van der Waals surface area contributed by atoms with E-state index < -0.39 is 0 Å². The van der Waals surface area contributed by atoms with Gasteiger partial charge in [-0.15, -0.1) is 11.3 Å². The van der Waals surface area contributed by atoms with Crippen molar-refractivity contribution in [2.75, 3.05) is 18.4 Å². The van der Waals surface area contributed by atoms with Crippen LogP contribution in [0.5, 0.6) is 0 Å². The summed E-state index contributed by atoms with van der Waals surface area (Å²) in [6, 6.07) is 2.07. The van der Waals surface area contributed by atoms with E-state index in [0.29, 0.717) is 18.4 Å². The lowest BCUT2D eigenvalue weighted by molar-refractivity contribution is -0.121. The van der Waals surface area contributed by atoms with E-state index in [1.165, 1.54) is 11.3 Å². The fourth-order valence-corrected chi connectivity index (χ4v) is 4.85. The van der Waals surface area contributed by atoms with E-state index in [0.717, 1.165) is 49.3 Å². The van der Waals surface area contributed by atoms with Crippen molar-refractivity contribution in [1.82, 2.24) is 4.90 Å². The van der Waals surface area contributed by atoms with Gasteiger partial charge in [-0.1, -0.05) is 6.42 Å². The van der Waals surface area contributed by atoms with Crippen LogP contribution < -0.4 is 5.32 Å². The summed E-state index contributed by atoms with van der Waals surface area (Å²) in [5, 5.41) is 22.9. The molecule has 1 saturated heterocycles. The Morgan fingerprint density at radius 2 is 2.04 bits per heavy atom. The van der Waals surface area contributed by atoms with Crippen LogP contribution in [0.15, 0.2) is 0 Å². The number of hydrogen-bond donors (Lipinski definition) is 2. The van der Waals surface area contributed by atoms with E-state index in [2.05, 4.69) is 16.3 Å². The quantitative estimate of drug-likeness (QED) is 0.824. The summed E-state index contributed by atoms with van der Waals surface area (Å²) in [6.07, 6.45) is 6.66. The highest BCUT2D eigenvalue weighted by Gasteiger charge is 2.27. The normalized spacial score (nSPS) is 20.7. The molecule has 0 bridgehead atoms. The third-order valence-corrected chi connectivity index (χ3v) is 6.40. The number of aliphatic hydroxyl groups excluding tert-OH is 1. The summed E-state index contributed by atoms with van der Waals surface area (Å²) in [4.78, 5) is 16.0. The average Bonchev–Trinajstić information content (AvgIpc) is 2.75. The average molecular weight is 347 g/mol. The molecule has 1 amide bonds. The largest absolute Gasteiger partial charge is 0.393 e. The first kappa shape index (κ1) is 17.4. The second-order valence-electron chi connectivity index (χ2n) is 6.81. The van der Waals surface area contributed by atoms with Gasteiger partial charge in [0.25, 0.3) is 0 Å². The molecule has 2 N–H and O–H groups in total. The molecule has 1 aromatic rings. The first-order chi connectivity index (χ1) is 11.6. The van der Waals surface area contributed by atoms with E-state index in [-0.39, 0.29) is 18.1 Å². The van der Waals surface area contributed by atoms with Gasteiger partial charge in [0.05, 0.1) is 17.7 Å². The van der Waals surface area contributed by atoms with Crippen molar-refractivity contribution in [2.45, 2.75) is 64.0 Å². The summed E-state index contributed by atoms with van der Waals surface area (Å²) in [5.41, 5.74) is 1.83. The third kappa shape index (κ3) is 3.64. The van der Waals surface area contributed by atoms with E-state index in [9.17, 15) is 15.2 Å². The molecule has 0 spiro atoms. The van der Waals surface area contributed by atoms with Crippen molar-refractivity contribution in [3.63, 3.8) is 0 Å². The Bertz CT molecular complexity index is 641. The van der Waals surface area contributed by atoms with E-state index in [4.69, 9.17) is 0 Å². The summed E-state index contributed by atoms with van der Waals surface area (Å²) in [6.45, 7) is 3.38. The minimum atomic E-state index is -0.244. The number of likely N-dealkylation sites (tertiary alicyclic amines) is 1. The Kier molecular flexibility index (Phi) is 5.54. The number of carbonyl (C=O) groups is 1.